The first-order valence-corrected chi connectivity index (χ1v) is 14.1. The topological polar surface area (TPSA) is 150 Å². The molecule has 3 atom stereocenters. The Bertz CT molecular complexity index is 1440. The van der Waals surface area contributed by atoms with Crippen LogP contribution in [0.25, 0.3) is 17.0 Å². The summed E-state index contributed by atoms with van der Waals surface area (Å²) >= 11 is 0. The van der Waals surface area contributed by atoms with Crippen molar-refractivity contribution in [2.24, 2.45) is 11.3 Å². The number of anilines is 1. The number of nitrogens with zero attached hydrogens (tertiary/aromatic N) is 3. The summed E-state index contributed by atoms with van der Waals surface area (Å²) in [6.07, 6.45) is 3.26. The van der Waals surface area contributed by atoms with Crippen molar-refractivity contribution in [3.05, 3.63) is 42.0 Å². The van der Waals surface area contributed by atoms with Gasteiger partial charge in [0, 0.05) is 18.9 Å². The van der Waals surface area contributed by atoms with E-state index in [4.69, 9.17) is 4.74 Å². The Balaban J connectivity index is 1.75. The van der Waals surface area contributed by atoms with E-state index in [0.717, 1.165) is 16.0 Å². The van der Waals surface area contributed by atoms with Gasteiger partial charge in [-0.1, -0.05) is 38.1 Å². The molecule has 1 saturated heterocycles. The fraction of sp³-hybridized carbons (Fsp3) is 0.467. The number of rotatable bonds is 1. The Morgan fingerprint density at radius 3 is 2.50 bits per heavy atom. The normalized spacial score (nSPS) is 24.7. The minimum Gasteiger partial charge on any atom is -0.451 e. The van der Waals surface area contributed by atoms with Crippen LogP contribution in [0.15, 0.2) is 36.4 Å². The van der Waals surface area contributed by atoms with Gasteiger partial charge in [0.15, 0.2) is 11.9 Å². The largest absolute Gasteiger partial charge is 0.451 e. The molecule has 3 unspecified atom stereocenters. The van der Waals surface area contributed by atoms with Crippen LogP contribution in [0.1, 0.15) is 59.9 Å². The van der Waals surface area contributed by atoms with Crippen LogP contribution in [-0.4, -0.2) is 64.3 Å². The number of hydrogen-bond donors (Lipinski definition) is 3. The quantitative estimate of drug-likeness (QED) is 0.436. The number of cyclic esters (lactones) is 1. The Kier molecular flexibility index (Phi) is 8.95. The predicted octanol–water partition coefficient (Wildman–Crippen LogP) is 2.24. The van der Waals surface area contributed by atoms with E-state index in [-0.39, 0.29) is 11.7 Å². The van der Waals surface area contributed by atoms with E-state index in [1.165, 1.54) is 18.9 Å². The highest BCUT2D eigenvalue weighted by molar-refractivity contribution is 5.97. The molecule has 2 aliphatic rings. The maximum Gasteiger partial charge on any atom is 0.316 e. The van der Waals surface area contributed by atoms with Gasteiger partial charge in [-0.05, 0) is 63.3 Å². The predicted molar refractivity (Wildman–Crippen MR) is 156 cm³/mol. The molecule has 12 nitrogen and oxygen atoms in total. The first kappa shape index (κ1) is 30.6. The van der Waals surface area contributed by atoms with E-state index in [1.807, 2.05) is 12.1 Å². The molecule has 4 rings (SSSR count). The fourth-order valence-electron chi connectivity index (χ4n) is 4.69. The van der Waals surface area contributed by atoms with Crippen LogP contribution >= 0.6 is 0 Å². The van der Waals surface area contributed by atoms with Gasteiger partial charge >= 0.3 is 5.97 Å². The minimum atomic E-state index is -1.12. The molecule has 0 spiro atoms. The van der Waals surface area contributed by atoms with Gasteiger partial charge in [-0.2, -0.15) is 0 Å². The van der Waals surface area contributed by atoms with Gasteiger partial charge in [0.1, 0.15) is 12.1 Å². The van der Waals surface area contributed by atoms with Crippen LogP contribution in [0.3, 0.4) is 0 Å². The zero-order valence-electron chi connectivity index (χ0n) is 24.8. The summed E-state index contributed by atoms with van der Waals surface area (Å²) in [4.78, 5) is 70.1. The van der Waals surface area contributed by atoms with Crippen molar-refractivity contribution in [3.63, 3.8) is 0 Å². The molecule has 3 N–H and O–H groups in total. The maximum atomic E-state index is 13.2. The van der Waals surface area contributed by atoms with Crippen LogP contribution in [-0.2, 0) is 28.7 Å². The second-order valence-electron chi connectivity index (χ2n) is 11.6. The Morgan fingerprint density at radius 1 is 1.10 bits per heavy atom. The minimum absolute atomic E-state index is 0.221. The van der Waals surface area contributed by atoms with Crippen LogP contribution in [0.4, 0.5) is 5.82 Å². The zero-order chi connectivity index (χ0) is 30.8. The summed E-state index contributed by atoms with van der Waals surface area (Å²) in [5.74, 6) is -2.76. The molecule has 42 heavy (non-hydrogen) atoms. The van der Waals surface area contributed by atoms with Crippen LogP contribution in [0.2, 0.25) is 0 Å². The third-order valence-corrected chi connectivity index (χ3v) is 7.28. The van der Waals surface area contributed by atoms with Gasteiger partial charge in [-0.25, -0.2) is 15.4 Å². The summed E-state index contributed by atoms with van der Waals surface area (Å²) in [6.45, 7) is 10.0. The second kappa shape index (κ2) is 12.3. The molecule has 1 aromatic carbocycles. The lowest BCUT2D eigenvalue weighted by atomic mass is 9.92. The molecular formula is C30H38N6O6. The number of fused-ring (bicyclic) bond motifs is 4. The lowest BCUT2D eigenvalue weighted by molar-refractivity contribution is -0.165. The number of amides is 4. The first-order chi connectivity index (χ1) is 19.8. The van der Waals surface area contributed by atoms with Crippen molar-refractivity contribution in [2.45, 2.75) is 72.6 Å². The number of ether oxygens (including phenoxy) is 1. The lowest BCUT2D eigenvalue weighted by Crippen LogP contribution is -2.62. The molecule has 4 amide bonds. The zero-order valence-corrected chi connectivity index (χ0v) is 24.8. The highest BCUT2D eigenvalue weighted by atomic mass is 16.5. The van der Waals surface area contributed by atoms with E-state index in [1.54, 1.807) is 58.0 Å². The average molecular weight is 579 g/mol. The summed E-state index contributed by atoms with van der Waals surface area (Å²) in [7, 11) is 0. The van der Waals surface area contributed by atoms with Crippen molar-refractivity contribution in [1.29, 1.82) is 0 Å². The van der Waals surface area contributed by atoms with Crippen LogP contribution in [0, 0.1) is 11.3 Å². The monoisotopic (exact) mass is 578 g/mol. The molecular weight excluding hydrogens is 540 g/mol. The Labute approximate surface area is 244 Å². The SMILES string of the molecule is CC(=O)N1NC(=O)C2CCCN(N2)C(=O)C(C)NC(=O)C(C(C)C)OC(=O)C(C)(C)/C=C/c2ccc3ccc1nc3c2. The van der Waals surface area contributed by atoms with E-state index in [9.17, 15) is 24.0 Å². The molecule has 1 fully saturated rings. The number of benzene rings is 1. The van der Waals surface area contributed by atoms with E-state index in [0.29, 0.717) is 24.9 Å². The van der Waals surface area contributed by atoms with Crippen molar-refractivity contribution in [2.75, 3.05) is 11.6 Å². The average Bonchev–Trinajstić information content (AvgIpc) is 2.95. The Hall–Kier alpha value is -4.32. The smallest absolute Gasteiger partial charge is 0.316 e. The number of carbonyl (C=O) groups excluding carboxylic acids is 5. The fourth-order valence-corrected chi connectivity index (χ4v) is 4.69. The van der Waals surface area contributed by atoms with Gasteiger partial charge < -0.3 is 10.1 Å². The summed E-state index contributed by atoms with van der Waals surface area (Å²) in [5.41, 5.74) is 5.78. The van der Waals surface area contributed by atoms with E-state index >= 15 is 0 Å². The number of hydrogen-bond acceptors (Lipinski definition) is 8. The molecule has 0 aliphatic carbocycles. The molecule has 1 aromatic heterocycles. The first-order valence-electron chi connectivity index (χ1n) is 14.1. The number of hydrazine groups is 2. The number of aromatic nitrogens is 1. The third kappa shape index (κ3) is 6.76. The van der Waals surface area contributed by atoms with Crippen molar-refractivity contribution in [3.8, 4) is 0 Å². The maximum absolute atomic E-state index is 13.2. The molecule has 12 heteroatoms. The molecule has 2 aliphatic heterocycles. The number of pyridine rings is 1. The number of esters is 1. The molecule has 3 heterocycles. The molecule has 0 radical (unpaired) electrons. The molecule has 2 aromatic rings. The van der Waals surface area contributed by atoms with Gasteiger partial charge in [0.05, 0.1) is 10.9 Å². The third-order valence-electron chi connectivity index (χ3n) is 7.28. The van der Waals surface area contributed by atoms with Crippen LogP contribution in [0.5, 0.6) is 0 Å². The van der Waals surface area contributed by atoms with E-state index in [2.05, 4.69) is 21.2 Å². The van der Waals surface area contributed by atoms with Crippen LogP contribution < -0.4 is 21.2 Å². The van der Waals surface area contributed by atoms with E-state index < -0.39 is 53.2 Å². The lowest BCUT2D eigenvalue weighted by Gasteiger charge is -2.35. The second-order valence-corrected chi connectivity index (χ2v) is 11.6. The number of nitrogens with one attached hydrogen (secondary N) is 3. The highest BCUT2D eigenvalue weighted by Gasteiger charge is 2.36. The van der Waals surface area contributed by atoms with Crippen molar-refractivity contribution in [1.82, 2.24) is 26.2 Å². The van der Waals surface area contributed by atoms with Gasteiger partial charge in [0.25, 0.3) is 17.7 Å². The summed E-state index contributed by atoms with van der Waals surface area (Å²) in [5, 5.41) is 5.83. The highest BCUT2D eigenvalue weighted by Crippen LogP contribution is 2.25. The van der Waals surface area contributed by atoms with Crippen molar-refractivity contribution >= 4 is 52.4 Å². The molecule has 224 valence electrons. The van der Waals surface area contributed by atoms with Gasteiger partial charge in [-0.15, -0.1) is 0 Å². The Morgan fingerprint density at radius 2 is 1.81 bits per heavy atom. The molecule has 0 saturated carbocycles. The van der Waals surface area contributed by atoms with Crippen molar-refractivity contribution < 1.29 is 28.7 Å². The summed E-state index contributed by atoms with van der Waals surface area (Å²) in [6, 6.07) is 7.17. The summed E-state index contributed by atoms with van der Waals surface area (Å²) < 4.78 is 5.68. The molecule has 5 bridgehead atoms. The standard InChI is InChI=1S/C30H38N6O6/c1-17(2)25-27(39)31-18(3)28(40)35-15-7-8-22(33-35)26(38)34-36(19(4)37)24-12-11-21-10-9-20(16-23(21)32-24)13-14-30(5,6)29(41)42-25/h9-14,16-18,22,25,33H,7-8,15H2,1-6H3,(H,31,39)(H,34,38)/b14-13+. The van der Waals surface area contributed by atoms with Gasteiger partial charge in [0.2, 0.25) is 5.91 Å². The number of carbonyl (C=O) groups is 5. The van der Waals surface area contributed by atoms with Gasteiger partial charge in [-0.3, -0.25) is 34.4 Å².